The summed E-state index contributed by atoms with van der Waals surface area (Å²) in [7, 11) is 0. The van der Waals surface area contributed by atoms with E-state index < -0.39 is 0 Å². The monoisotopic (exact) mass is 214 g/mol. The van der Waals surface area contributed by atoms with E-state index in [0.717, 1.165) is 22.6 Å². The third-order valence-electron chi connectivity index (χ3n) is 2.40. The minimum atomic E-state index is 0.616. The SMILES string of the molecule is C=CC1=C(C(=C)C)Oc2c(C)cccc2O1. The second-order valence-corrected chi connectivity index (χ2v) is 3.78. The van der Waals surface area contributed by atoms with Gasteiger partial charge in [-0.1, -0.05) is 25.3 Å². The molecule has 0 amide bonds. The van der Waals surface area contributed by atoms with Crippen molar-refractivity contribution in [3.8, 4) is 11.5 Å². The molecule has 16 heavy (non-hydrogen) atoms. The van der Waals surface area contributed by atoms with Crippen LogP contribution in [-0.2, 0) is 0 Å². The number of para-hydroxylation sites is 1. The lowest BCUT2D eigenvalue weighted by Gasteiger charge is -2.23. The van der Waals surface area contributed by atoms with Gasteiger partial charge in [-0.05, 0) is 37.1 Å². The highest BCUT2D eigenvalue weighted by molar-refractivity contribution is 5.52. The average Bonchev–Trinajstić information content (AvgIpc) is 2.27. The lowest BCUT2D eigenvalue weighted by atomic mass is 10.1. The summed E-state index contributed by atoms with van der Waals surface area (Å²) in [4.78, 5) is 0. The number of ether oxygens (including phenoxy) is 2. The van der Waals surface area contributed by atoms with Crippen LogP contribution in [0.1, 0.15) is 12.5 Å². The maximum absolute atomic E-state index is 5.81. The van der Waals surface area contributed by atoms with Gasteiger partial charge < -0.3 is 9.47 Å². The number of hydrogen-bond acceptors (Lipinski definition) is 2. The molecule has 0 saturated carbocycles. The largest absolute Gasteiger partial charge is 0.450 e. The molecule has 1 aromatic carbocycles. The smallest absolute Gasteiger partial charge is 0.173 e. The quantitative estimate of drug-likeness (QED) is 0.746. The summed E-state index contributed by atoms with van der Waals surface area (Å²) in [5.41, 5.74) is 1.86. The van der Waals surface area contributed by atoms with Gasteiger partial charge in [0, 0.05) is 0 Å². The van der Waals surface area contributed by atoms with Gasteiger partial charge in [-0.25, -0.2) is 0 Å². The van der Waals surface area contributed by atoms with Gasteiger partial charge in [0.05, 0.1) is 0 Å². The summed E-state index contributed by atoms with van der Waals surface area (Å²) in [5, 5.41) is 0. The fraction of sp³-hybridized carbons (Fsp3) is 0.143. The average molecular weight is 214 g/mol. The summed E-state index contributed by atoms with van der Waals surface area (Å²) >= 11 is 0. The minimum Gasteiger partial charge on any atom is -0.450 e. The molecule has 0 N–H and O–H groups in total. The molecule has 2 heteroatoms. The third kappa shape index (κ3) is 1.63. The van der Waals surface area contributed by atoms with E-state index in [2.05, 4.69) is 13.2 Å². The Bertz CT molecular complexity index is 495. The molecule has 82 valence electrons. The highest BCUT2D eigenvalue weighted by atomic mass is 16.6. The van der Waals surface area contributed by atoms with Crippen LogP contribution in [0.3, 0.4) is 0 Å². The Balaban J connectivity index is 2.52. The van der Waals surface area contributed by atoms with Crippen LogP contribution in [0.4, 0.5) is 0 Å². The molecule has 1 aliphatic heterocycles. The van der Waals surface area contributed by atoms with Gasteiger partial charge in [-0.15, -0.1) is 0 Å². The van der Waals surface area contributed by atoms with Crippen LogP contribution in [0.5, 0.6) is 11.5 Å². The van der Waals surface area contributed by atoms with E-state index in [0.29, 0.717) is 11.5 Å². The van der Waals surface area contributed by atoms with Gasteiger partial charge in [0.2, 0.25) is 0 Å². The van der Waals surface area contributed by atoms with E-state index in [-0.39, 0.29) is 0 Å². The van der Waals surface area contributed by atoms with Crippen LogP contribution in [0.15, 0.2) is 54.5 Å². The van der Waals surface area contributed by atoms with E-state index in [1.54, 1.807) is 6.08 Å². The number of allylic oxidation sites excluding steroid dienone is 2. The topological polar surface area (TPSA) is 18.5 Å². The first-order valence-corrected chi connectivity index (χ1v) is 5.11. The Labute approximate surface area is 95.5 Å². The molecule has 0 radical (unpaired) electrons. The molecule has 0 fully saturated rings. The molecule has 0 atom stereocenters. The van der Waals surface area contributed by atoms with Gasteiger partial charge in [0.15, 0.2) is 23.0 Å². The van der Waals surface area contributed by atoms with Crippen molar-refractivity contribution >= 4 is 0 Å². The summed E-state index contributed by atoms with van der Waals surface area (Å²) < 4.78 is 11.5. The van der Waals surface area contributed by atoms with E-state index in [9.17, 15) is 0 Å². The summed E-state index contributed by atoms with van der Waals surface area (Å²) in [6.07, 6.45) is 1.63. The number of aryl methyl sites for hydroxylation is 1. The predicted octanol–water partition coefficient (Wildman–Crippen LogP) is 3.74. The molecular weight excluding hydrogens is 200 g/mol. The van der Waals surface area contributed by atoms with Crippen molar-refractivity contribution in [1.29, 1.82) is 0 Å². The van der Waals surface area contributed by atoms with E-state index in [1.807, 2.05) is 32.0 Å². The van der Waals surface area contributed by atoms with Crippen LogP contribution in [0.25, 0.3) is 0 Å². The standard InChI is InChI=1S/C14H14O2/c1-5-11-13(9(2)3)16-14-10(4)7-6-8-12(14)15-11/h5-8H,1-2H2,3-4H3. The Morgan fingerprint density at radius 2 is 2.06 bits per heavy atom. The van der Waals surface area contributed by atoms with Crippen LogP contribution in [-0.4, -0.2) is 0 Å². The summed E-state index contributed by atoms with van der Waals surface area (Å²) in [5.74, 6) is 2.74. The van der Waals surface area contributed by atoms with Crippen LogP contribution in [0, 0.1) is 6.92 Å². The first kappa shape index (κ1) is 10.6. The van der Waals surface area contributed by atoms with Crippen LogP contribution in [0.2, 0.25) is 0 Å². The van der Waals surface area contributed by atoms with Gasteiger partial charge in [-0.3, -0.25) is 0 Å². The molecular formula is C14H14O2. The van der Waals surface area contributed by atoms with Crippen molar-refractivity contribution in [2.24, 2.45) is 0 Å². The minimum absolute atomic E-state index is 0.616. The molecule has 0 aliphatic carbocycles. The van der Waals surface area contributed by atoms with E-state index >= 15 is 0 Å². The predicted molar refractivity (Wildman–Crippen MR) is 64.5 cm³/mol. The molecule has 0 unspecified atom stereocenters. The zero-order valence-electron chi connectivity index (χ0n) is 9.54. The number of hydrogen-bond donors (Lipinski definition) is 0. The zero-order valence-corrected chi connectivity index (χ0v) is 9.54. The summed E-state index contributed by atoms with van der Waals surface area (Å²) in [6.45, 7) is 11.4. The van der Waals surface area contributed by atoms with Crippen molar-refractivity contribution in [2.75, 3.05) is 0 Å². The van der Waals surface area contributed by atoms with Crippen molar-refractivity contribution in [3.63, 3.8) is 0 Å². The van der Waals surface area contributed by atoms with Crippen molar-refractivity contribution in [3.05, 3.63) is 60.1 Å². The Morgan fingerprint density at radius 1 is 1.31 bits per heavy atom. The highest BCUT2D eigenvalue weighted by Gasteiger charge is 2.21. The molecule has 0 spiro atoms. The van der Waals surface area contributed by atoms with Gasteiger partial charge in [0.1, 0.15) is 0 Å². The maximum Gasteiger partial charge on any atom is 0.173 e. The van der Waals surface area contributed by atoms with Crippen molar-refractivity contribution in [2.45, 2.75) is 13.8 Å². The Morgan fingerprint density at radius 3 is 2.69 bits per heavy atom. The zero-order chi connectivity index (χ0) is 11.7. The van der Waals surface area contributed by atoms with Crippen molar-refractivity contribution < 1.29 is 9.47 Å². The number of benzene rings is 1. The molecule has 0 saturated heterocycles. The maximum atomic E-state index is 5.81. The fourth-order valence-corrected chi connectivity index (χ4v) is 1.59. The molecule has 1 heterocycles. The first-order chi connectivity index (χ1) is 7.63. The second kappa shape index (κ2) is 3.89. The second-order valence-electron chi connectivity index (χ2n) is 3.78. The molecule has 0 bridgehead atoms. The van der Waals surface area contributed by atoms with Crippen molar-refractivity contribution in [1.82, 2.24) is 0 Å². The van der Waals surface area contributed by atoms with Gasteiger partial charge in [-0.2, -0.15) is 0 Å². The molecule has 2 nitrogen and oxygen atoms in total. The lowest BCUT2D eigenvalue weighted by molar-refractivity contribution is 0.310. The molecule has 0 aromatic heterocycles. The summed E-state index contributed by atoms with van der Waals surface area (Å²) in [6, 6.07) is 5.79. The third-order valence-corrected chi connectivity index (χ3v) is 2.40. The Hall–Kier alpha value is -1.96. The Kier molecular flexibility index (Phi) is 2.57. The highest BCUT2D eigenvalue weighted by Crippen LogP contribution is 2.39. The molecule has 2 rings (SSSR count). The van der Waals surface area contributed by atoms with Crippen LogP contribution < -0.4 is 9.47 Å². The normalized spacial score (nSPS) is 13.6. The van der Waals surface area contributed by atoms with E-state index in [4.69, 9.17) is 9.47 Å². The number of rotatable bonds is 2. The van der Waals surface area contributed by atoms with Gasteiger partial charge >= 0.3 is 0 Å². The first-order valence-electron chi connectivity index (χ1n) is 5.11. The fourth-order valence-electron chi connectivity index (χ4n) is 1.59. The number of fused-ring (bicyclic) bond motifs is 1. The van der Waals surface area contributed by atoms with E-state index in [1.165, 1.54) is 0 Å². The van der Waals surface area contributed by atoms with Gasteiger partial charge in [0.25, 0.3) is 0 Å². The molecule has 1 aliphatic rings. The lowest BCUT2D eigenvalue weighted by Crippen LogP contribution is -2.12. The van der Waals surface area contributed by atoms with Crippen LogP contribution >= 0.6 is 0 Å². The molecule has 1 aromatic rings.